The van der Waals surface area contributed by atoms with Crippen LogP contribution >= 0.6 is 0 Å². The van der Waals surface area contributed by atoms with E-state index in [0.717, 1.165) is 11.3 Å². The van der Waals surface area contributed by atoms with E-state index < -0.39 is 5.97 Å². The molecule has 0 radical (unpaired) electrons. The van der Waals surface area contributed by atoms with Gasteiger partial charge in [0.05, 0.1) is 17.8 Å². The molecular formula is C12H13N3O2. The van der Waals surface area contributed by atoms with E-state index in [1.807, 2.05) is 31.2 Å². The van der Waals surface area contributed by atoms with Gasteiger partial charge in [-0.05, 0) is 19.1 Å². The van der Waals surface area contributed by atoms with Gasteiger partial charge in [-0.2, -0.15) is 5.10 Å². The molecular weight excluding hydrogens is 218 g/mol. The molecule has 0 bridgehead atoms. The summed E-state index contributed by atoms with van der Waals surface area (Å²) < 4.78 is 1.56. The molecule has 5 heteroatoms. The van der Waals surface area contributed by atoms with E-state index in [2.05, 4.69) is 5.10 Å². The molecule has 0 amide bonds. The number of rotatable bonds is 3. The molecule has 0 fully saturated rings. The molecule has 0 atom stereocenters. The number of carbonyl (C=O) groups is 1. The second kappa shape index (κ2) is 4.29. The molecule has 0 saturated carbocycles. The van der Waals surface area contributed by atoms with Crippen LogP contribution in [0.5, 0.6) is 0 Å². The standard InChI is InChI=1S/C12H13N3O2/c1-8-2-4-9(5-3-8)15-10(7-12(16)17)6-11(13)14-15/h2-6H,7H2,1H3,(H2,13,14)(H,16,17). The van der Waals surface area contributed by atoms with Crippen LogP contribution in [0.15, 0.2) is 30.3 Å². The van der Waals surface area contributed by atoms with Gasteiger partial charge >= 0.3 is 5.97 Å². The van der Waals surface area contributed by atoms with Gasteiger partial charge in [-0.25, -0.2) is 4.68 Å². The van der Waals surface area contributed by atoms with Gasteiger partial charge in [0.25, 0.3) is 0 Å². The Morgan fingerprint density at radius 1 is 1.41 bits per heavy atom. The third kappa shape index (κ3) is 2.44. The third-order valence-electron chi connectivity index (χ3n) is 2.41. The number of carboxylic acids is 1. The van der Waals surface area contributed by atoms with Crippen LogP contribution in [0, 0.1) is 6.92 Å². The number of carboxylic acid groups (broad SMARTS) is 1. The lowest BCUT2D eigenvalue weighted by atomic mass is 10.2. The Kier molecular flexibility index (Phi) is 2.82. The lowest BCUT2D eigenvalue weighted by Crippen LogP contribution is -2.07. The van der Waals surface area contributed by atoms with E-state index in [0.29, 0.717) is 11.5 Å². The second-order valence-corrected chi connectivity index (χ2v) is 3.88. The average Bonchev–Trinajstić information content (AvgIpc) is 2.59. The number of anilines is 1. The van der Waals surface area contributed by atoms with Crippen molar-refractivity contribution in [3.63, 3.8) is 0 Å². The highest BCUT2D eigenvalue weighted by Gasteiger charge is 2.11. The SMILES string of the molecule is Cc1ccc(-n2nc(N)cc2CC(=O)O)cc1. The van der Waals surface area contributed by atoms with Crippen LogP contribution in [-0.4, -0.2) is 20.9 Å². The van der Waals surface area contributed by atoms with Crippen LogP contribution in [0.25, 0.3) is 5.69 Å². The number of aromatic nitrogens is 2. The van der Waals surface area contributed by atoms with Crippen LogP contribution in [0.2, 0.25) is 0 Å². The molecule has 1 heterocycles. The average molecular weight is 231 g/mol. The van der Waals surface area contributed by atoms with E-state index in [9.17, 15) is 4.79 Å². The van der Waals surface area contributed by atoms with Gasteiger partial charge in [-0.1, -0.05) is 17.7 Å². The summed E-state index contributed by atoms with van der Waals surface area (Å²) in [6, 6.07) is 9.23. The van der Waals surface area contributed by atoms with Crippen LogP contribution in [0.4, 0.5) is 5.82 Å². The summed E-state index contributed by atoms with van der Waals surface area (Å²) in [6.07, 6.45) is -0.0991. The Hall–Kier alpha value is -2.30. The summed E-state index contributed by atoms with van der Waals surface area (Å²) in [7, 11) is 0. The Balaban J connectivity index is 2.43. The van der Waals surface area contributed by atoms with Gasteiger partial charge in [-0.3, -0.25) is 4.79 Å². The van der Waals surface area contributed by atoms with Gasteiger partial charge in [-0.15, -0.1) is 0 Å². The van der Waals surface area contributed by atoms with Crippen LogP contribution in [0.3, 0.4) is 0 Å². The molecule has 0 aliphatic carbocycles. The maximum Gasteiger partial charge on any atom is 0.309 e. The number of nitrogens with two attached hydrogens (primary N) is 1. The number of aliphatic carboxylic acids is 1. The Morgan fingerprint density at radius 2 is 2.06 bits per heavy atom. The fourth-order valence-corrected chi connectivity index (χ4v) is 1.63. The highest BCUT2D eigenvalue weighted by Crippen LogP contribution is 2.15. The molecule has 0 spiro atoms. The third-order valence-corrected chi connectivity index (χ3v) is 2.41. The smallest absolute Gasteiger partial charge is 0.309 e. The van der Waals surface area contributed by atoms with Crippen molar-refractivity contribution >= 4 is 11.8 Å². The van der Waals surface area contributed by atoms with Crippen molar-refractivity contribution in [1.29, 1.82) is 0 Å². The zero-order valence-electron chi connectivity index (χ0n) is 9.42. The van der Waals surface area contributed by atoms with Crippen LogP contribution in [-0.2, 0) is 11.2 Å². The fourth-order valence-electron chi connectivity index (χ4n) is 1.63. The summed E-state index contributed by atoms with van der Waals surface area (Å²) in [5, 5.41) is 12.9. The van der Waals surface area contributed by atoms with E-state index >= 15 is 0 Å². The quantitative estimate of drug-likeness (QED) is 0.836. The lowest BCUT2D eigenvalue weighted by molar-refractivity contribution is -0.136. The zero-order valence-corrected chi connectivity index (χ0v) is 9.42. The summed E-state index contributed by atoms with van der Waals surface area (Å²) in [6.45, 7) is 1.99. The van der Waals surface area contributed by atoms with Gasteiger partial charge in [0.1, 0.15) is 5.82 Å². The second-order valence-electron chi connectivity index (χ2n) is 3.88. The topological polar surface area (TPSA) is 81.1 Å². The summed E-state index contributed by atoms with van der Waals surface area (Å²) >= 11 is 0. The lowest BCUT2D eigenvalue weighted by Gasteiger charge is -2.05. The minimum Gasteiger partial charge on any atom is -0.481 e. The fraction of sp³-hybridized carbons (Fsp3) is 0.167. The van der Waals surface area contributed by atoms with Gasteiger partial charge in [0, 0.05) is 6.07 Å². The Morgan fingerprint density at radius 3 is 2.65 bits per heavy atom. The van der Waals surface area contributed by atoms with Crippen molar-refractivity contribution in [3.8, 4) is 5.69 Å². The number of hydrogen-bond donors (Lipinski definition) is 2. The van der Waals surface area contributed by atoms with Crippen LogP contribution < -0.4 is 5.73 Å². The van der Waals surface area contributed by atoms with Crippen molar-refractivity contribution in [2.45, 2.75) is 13.3 Å². The molecule has 5 nitrogen and oxygen atoms in total. The first kappa shape index (κ1) is 11.2. The molecule has 0 saturated heterocycles. The van der Waals surface area contributed by atoms with Crippen molar-refractivity contribution in [3.05, 3.63) is 41.6 Å². The molecule has 88 valence electrons. The summed E-state index contributed by atoms with van der Waals surface area (Å²) in [5.74, 6) is -0.583. The minimum atomic E-state index is -0.904. The number of aryl methyl sites for hydroxylation is 1. The van der Waals surface area contributed by atoms with Gasteiger partial charge < -0.3 is 10.8 Å². The molecule has 2 aromatic rings. The molecule has 1 aromatic heterocycles. The molecule has 1 aromatic carbocycles. The monoisotopic (exact) mass is 231 g/mol. The number of hydrogen-bond acceptors (Lipinski definition) is 3. The molecule has 0 aliphatic heterocycles. The van der Waals surface area contributed by atoms with E-state index in [-0.39, 0.29) is 6.42 Å². The predicted octanol–water partition coefficient (Wildman–Crippen LogP) is 1.39. The highest BCUT2D eigenvalue weighted by atomic mass is 16.4. The molecule has 2 rings (SSSR count). The van der Waals surface area contributed by atoms with Crippen molar-refractivity contribution in [2.75, 3.05) is 5.73 Å². The normalized spacial score (nSPS) is 10.4. The van der Waals surface area contributed by atoms with E-state index in [1.54, 1.807) is 10.7 Å². The van der Waals surface area contributed by atoms with Gasteiger partial charge in [0.15, 0.2) is 0 Å². The highest BCUT2D eigenvalue weighted by molar-refractivity contribution is 5.70. The number of nitrogens with zero attached hydrogens (tertiary/aromatic N) is 2. The van der Waals surface area contributed by atoms with Crippen LogP contribution in [0.1, 0.15) is 11.3 Å². The minimum absolute atomic E-state index is 0.0991. The van der Waals surface area contributed by atoms with Crippen molar-refractivity contribution < 1.29 is 9.90 Å². The van der Waals surface area contributed by atoms with Gasteiger partial charge in [0.2, 0.25) is 0 Å². The van der Waals surface area contributed by atoms with E-state index in [4.69, 9.17) is 10.8 Å². The largest absolute Gasteiger partial charge is 0.481 e. The first-order valence-corrected chi connectivity index (χ1v) is 5.19. The first-order valence-electron chi connectivity index (χ1n) is 5.19. The Bertz CT molecular complexity index is 543. The molecule has 17 heavy (non-hydrogen) atoms. The predicted molar refractivity (Wildman–Crippen MR) is 64.1 cm³/mol. The number of benzene rings is 1. The summed E-state index contributed by atoms with van der Waals surface area (Å²) in [5.41, 5.74) is 8.11. The van der Waals surface area contributed by atoms with E-state index in [1.165, 1.54) is 0 Å². The first-order chi connectivity index (χ1) is 8.06. The zero-order chi connectivity index (χ0) is 12.4. The molecule has 0 aliphatic rings. The molecule has 0 unspecified atom stereocenters. The number of nitrogen functional groups attached to an aromatic ring is 1. The summed E-state index contributed by atoms with van der Waals surface area (Å²) in [4.78, 5) is 10.7. The maximum absolute atomic E-state index is 10.7. The van der Waals surface area contributed by atoms with Crippen molar-refractivity contribution in [2.24, 2.45) is 0 Å². The Labute approximate surface area is 98.5 Å². The van der Waals surface area contributed by atoms with Crippen molar-refractivity contribution in [1.82, 2.24) is 9.78 Å². The molecule has 3 N–H and O–H groups in total. The maximum atomic E-state index is 10.7.